The summed E-state index contributed by atoms with van der Waals surface area (Å²) < 4.78 is 34.1. The van der Waals surface area contributed by atoms with E-state index in [0.717, 1.165) is 57.8 Å². The fraction of sp³-hybridized carbons (Fsp3) is 0.810. The Morgan fingerprint density at radius 1 is 0.800 bits per heavy atom. The van der Waals surface area contributed by atoms with Gasteiger partial charge in [0.1, 0.15) is 19.8 Å². The number of allylic oxidation sites excluding steroid dienone is 3. The van der Waals surface area contributed by atoms with Crippen molar-refractivity contribution in [2.24, 2.45) is 11.8 Å². The SMILES string of the molecule is CCCCCC/C=C\CCCCCCCC(=O)O[C@H](COC(=O)C/C=C\C[C@H]1[C@@H](/C=C/[C@H](O)CCCCC)[C@H](O)C[C@@H]1O)COP(=O)(O)OCC[N+](C)(C)C. The molecule has 55 heavy (non-hydrogen) atoms. The number of quaternary nitrogens is 1. The lowest BCUT2D eigenvalue weighted by Gasteiger charge is -2.24. The summed E-state index contributed by atoms with van der Waals surface area (Å²) in [5.74, 6) is -1.70. The van der Waals surface area contributed by atoms with Crippen LogP contribution in [0.25, 0.3) is 0 Å². The molecule has 13 heteroatoms. The molecule has 12 nitrogen and oxygen atoms in total. The van der Waals surface area contributed by atoms with Crippen molar-refractivity contribution in [3.05, 3.63) is 36.5 Å². The zero-order valence-electron chi connectivity index (χ0n) is 34.7. The highest BCUT2D eigenvalue weighted by Gasteiger charge is 2.39. The molecule has 0 aromatic carbocycles. The van der Waals surface area contributed by atoms with Gasteiger partial charge < -0.3 is 34.2 Å². The molecule has 1 fully saturated rings. The molecule has 0 aromatic heterocycles. The summed E-state index contributed by atoms with van der Waals surface area (Å²) in [7, 11) is 1.30. The number of nitrogens with zero attached hydrogens (tertiary/aromatic N) is 1. The van der Waals surface area contributed by atoms with Crippen LogP contribution in [0.4, 0.5) is 0 Å². The van der Waals surface area contributed by atoms with Gasteiger partial charge in [0.05, 0.1) is 52.5 Å². The van der Waals surface area contributed by atoms with Crippen LogP contribution in [0, 0.1) is 11.8 Å². The van der Waals surface area contributed by atoms with Crippen LogP contribution in [0.5, 0.6) is 0 Å². The van der Waals surface area contributed by atoms with E-state index in [4.69, 9.17) is 18.5 Å². The van der Waals surface area contributed by atoms with Gasteiger partial charge in [0.25, 0.3) is 0 Å². The first kappa shape index (κ1) is 51.1. The van der Waals surface area contributed by atoms with Crippen molar-refractivity contribution in [1.29, 1.82) is 0 Å². The minimum atomic E-state index is -4.45. The maximum atomic E-state index is 12.7. The van der Waals surface area contributed by atoms with E-state index in [-0.39, 0.29) is 44.3 Å². The van der Waals surface area contributed by atoms with Gasteiger partial charge >= 0.3 is 19.8 Å². The van der Waals surface area contributed by atoms with Gasteiger partial charge in [0.2, 0.25) is 0 Å². The van der Waals surface area contributed by atoms with Gasteiger partial charge in [-0.3, -0.25) is 18.6 Å². The number of carbonyl (C=O) groups excluding carboxylic acids is 2. The predicted molar refractivity (Wildman–Crippen MR) is 217 cm³/mol. The molecule has 0 heterocycles. The highest BCUT2D eigenvalue weighted by molar-refractivity contribution is 7.47. The molecule has 0 saturated heterocycles. The van der Waals surface area contributed by atoms with Gasteiger partial charge in [-0.25, -0.2) is 4.57 Å². The molecule has 1 aliphatic carbocycles. The Morgan fingerprint density at radius 3 is 2.11 bits per heavy atom. The fourth-order valence-electron chi connectivity index (χ4n) is 6.33. The Labute approximate surface area is 332 Å². The van der Waals surface area contributed by atoms with E-state index >= 15 is 0 Å². The number of hydrogen-bond acceptors (Lipinski definition) is 10. The summed E-state index contributed by atoms with van der Waals surface area (Å²) in [6.45, 7) is 3.90. The predicted octanol–water partition coefficient (Wildman–Crippen LogP) is 7.73. The summed E-state index contributed by atoms with van der Waals surface area (Å²) in [5, 5.41) is 31.3. The van der Waals surface area contributed by atoms with Gasteiger partial charge in [-0.1, -0.05) is 108 Å². The van der Waals surface area contributed by atoms with Gasteiger partial charge in [-0.05, 0) is 50.9 Å². The van der Waals surface area contributed by atoms with E-state index in [0.29, 0.717) is 30.3 Å². The summed E-state index contributed by atoms with van der Waals surface area (Å²) in [6.07, 6.45) is 24.7. The Kier molecular flexibility index (Phi) is 28.1. The van der Waals surface area contributed by atoms with Crippen LogP contribution in [0.2, 0.25) is 0 Å². The summed E-state index contributed by atoms with van der Waals surface area (Å²) in [6, 6.07) is 0. The second kappa shape index (κ2) is 30.2. The van der Waals surface area contributed by atoms with Crippen LogP contribution in [0.1, 0.15) is 136 Å². The molecule has 1 rings (SSSR count). The number of carbonyl (C=O) groups is 2. The van der Waals surface area contributed by atoms with E-state index in [1.165, 1.54) is 25.7 Å². The van der Waals surface area contributed by atoms with Gasteiger partial charge in [-0.15, -0.1) is 0 Å². The molecular weight excluding hydrogens is 725 g/mol. The summed E-state index contributed by atoms with van der Waals surface area (Å²) in [4.78, 5) is 35.5. The number of phosphoric acid groups is 1. The maximum absolute atomic E-state index is 12.7. The number of ether oxygens (including phenoxy) is 2. The van der Waals surface area contributed by atoms with Crippen molar-refractivity contribution in [3.8, 4) is 0 Å². The average Bonchev–Trinajstić information content (AvgIpc) is 3.39. The third kappa shape index (κ3) is 27.4. The molecule has 320 valence electrons. The van der Waals surface area contributed by atoms with Crippen LogP contribution in [0.3, 0.4) is 0 Å². The third-order valence-corrected chi connectivity index (χ3v) is 10.7. The smallest absolute Gasteiger partial charge is 0.461 e. The second-order valence-electron chi connectivity index (χ2n) is 16.0. The van der Waals surface area contributed by atoms with Crippen LogP contribution in [-0.2, 0) is 32.7 Å². The number of likely N-dealkylation sites (N-methyl/N-ethyl adjacent to an activating group) is 1. The molecule has 0 spiro atoms. The molecule has 0 bridgehead atoms. The highest BCUT2D eigenvalue weighted by atomic mass is 31.2. The van der Waals surface area contributed by atoms with E-state index in [1.54, 1.807) is 24.3 Å². The first-order valence-corrected chi connectivity index (χ1v) is 22.5. The molecule has 0 aromatic rings. The molecule has 4 N–H and O–H groups in total. The minimum Gasteiger partial charge on any atom is -0.461 e. The fourth-order valence-corrected chi connectivity index (χ4v) is 7.07. The van der Waals surface area contributed by atoms with Crippen molar-refractivity contribution in [2.75, 3.05) is 47.5 Å². The Morgan fingerprint density at radius 2 is 1.44 bits per heavy atom. The van der Waals surface area contributed by atoms with Crippen molar-refractivity contribution in [2.45, 2.75) is 160 Å². The zero-order chi connectivity index (χ0) is 41.0. The monoisotopic (exact) mass is 803 g/mol. The van der Waals surface area contributed by atoms with Crippen LogP contribution >= 0.6 is 7.82 Å². The van der Waals surface area contributed by atoms with Crippen molar-refractivity contribution in [3.63, 3.8) is 0 Å². The van der Waals surface area contributed by atoms with E-state index < -0.39 is 50.8 Å². The number of rotatable bonds is 33. The average molecular weight is 803 g/mol. The highest BCUT2D eigenvalue weighted by Crippen LogP contribution is 2.43. The number of esters is 2. The number of phosphoric ester groups is 1. The van der Waals surface area contributed by atoms with Crippen LogP contribution in [-0.4, -0.2) is 109 Å². The maximum Gasteiger partial charge on any atom is 0.472 e. The normalized spacial score (nSPS) is 21.4. The van der Waals surface area contributed by atoms with Crippen LogP contribution < -0.4 is 0 Å². The summed E-state index contributed by atoms with van der Waals surface area (Å²) >= 11 is 0. The van der Waals surface area contributed by atoms with Gasteiger partial charge in [0, 0.05) is 18.8 Å². The first-order chi connectivity index (χ1) is 26.2. The molecule has 0 aliphatic heterocycles. The van der Waals surface area contributed by atoms with E-state index in [2.05, 4.69) is 26.0 Å². The Hall–Kier alpha value is -1.89. The lowest BCUT2D eigenvalue weighted by Crippen LogP contribution is -2.37. The number of aliphatic hydroxyl groups is 3. The van der Waals surface area contributed by atoms with Gasteiger partial charge in [0.15, 0.2) is 6.10 Å². The Balaban J connectivity index is 2.60. The molecule has 0 radical (unpaired) electrons. The topological polar surface area (TPSA) is 169 Å². The van der Waals surface area contributed by atoms with E-state index in [9.17, 15) is 34.4 Å². The molecule has 1 saturated carbocycles. The van der Waals surface area contributed by atoms with Crippen molar-refractivity contribution >= 4 is 19.8 Å². The lowest BCUT2D eigenvalue weighted by atomic mass is 9.89. The molecule has 1 aliphatic rings. The number of unbranched alkanes of at least 4 members (excludes halogenated alkanes) is 11. The third-order valence-electron chi connectivity index (χ3n) is 9.75. The molecule has 0 amide bonds. The van der Waals surface area contributed by atoms with Gasteiger partial charge in [-0.2, -0.15) is 0 Å². The van der Waals surface area contributed by atoms with Crippen molar-refractivity contribution in [1.82, 2.24) is 0 Å². The Bertz CT molecular complexity index is 1150. The van der Waals surface area contributed by atoms with Crippen molar-refractivity contribution < 1.29 is 57.4 Å². The zero-order valence-corrected chi connectivity index (χ0v) is 35.6. The number of aliphatic hydroxyl groups excluding tert-OH is 3. The number of hydrogen-bond donors (Lipinski definition) is 4. The molecule has 1 unspecified atom stereocenters. The minimum absolute atomic E-state index is 0.0206. The second-order valence-corrected chi connectivity index (χ2v) is 17.5. The molecule has 7 atom stereocenters. The van der Waals surface area contributed by atoms with Crippen LogP contribution in [0.15, 0.2) is 36.5 Å². The standard InChI is InChI=1S/C42H76NO11P/c1-6-8-10-11-12-13-14-15-16-17-18-19-21-27-42(48)54-36(34-53-55(49,50)52-31-30-43(3,4)5)33-51-41(47)26-23-22-25-37-38(40(46)32-39(37)45)29-28-35(44)24-20-9-7-2/h13-14,22-23,28-29,35-40,44-46H,6-12,15-21,24-27,30-34H2,1-5H3/p+1/b14-13-,23-22-,29-28+/t35-,36-,37+,38-,39+,40-/m1/s1. The summed E-state index contributed by atoms with van der Waals surface area (Å²) in [5.41, 5.74) is 0. The lowest BCUT2D eigenvalue weighted by molar-refractivity contribution is -0.870. The quantitative estimate of drug-likeness (QED) is 0.0169. The molecular formula is C42H77NO11P+. The first-order valence-electron chi connectivity index (χ1n) is 21.0. The van der Waals surface area contributed by atoms with E-state index in [1.807, 2.05) is 21.1 Å². The largest absolute Gasteiger partial charge is 0.472 e.